The van der Waals surface area contributed by atoms with Crippen LogP contribution in [0, 0.1) is 6.92 Å². The Hall–Kier alpha value is -3.36. The van der Waals surface area contributed by atoms with Crippen molar-refractivity contribution >= 4 is 29.7 Å². The number of aromatic nitrogens is 1. The van der Waals surface area contributed by atoms with Crippen LogP contribution in [0.5, 0.6) is 5.75 Å². The van der Waals surface area contributed by atoms with Gasteiger partial charge in [-0.1, -0.05) is 5.16 Å². The third-order valence-corrected chi connectivity index (χ3v) is 4.25. The number of aryl methyl sites for hydroxylation is 1. The zero-order valence-electron chi connectivity index (χ0n) is 14.2. The molecule has 4 rings (SSSR count). The summed E-state index contributed by atoms with van der Waals surface area (Å²) >= 11 is 0. The lowest BCUT2D eigenvalue weighted by Gasteiger charge is -2.30. The number of amides is 2. The number of ether oxygens (including phenoxy) is 1. The Kier molecular flexibility index (Phi) is 4.61. The fourth-order valence-corrected chi connectivity index (χ4v) is 3.03. The molecule has 3 heterocycles. The van der Waals surface area contributed by atoms with E-state index in [0.29, 0.717) is 22.9 Å². The van der Waals surface area contributed by atoms with Crippen molar-refractivity contribution in [2.45, 2.75) is 19.3 Å². The summed E-state index contributed by atoms with van der Waals surface area (Å²) < 4.78 is 10.8. The van der Waals surface area contributed by atoms with Crippen LogP contribution in [-0.4, -0.2) is 42.2 Å². The van der Waals surface area contributed by atoms with E-state index in [-0.39, 0.29) is 37.2 Å². The Morgan fingerprint density at radius 1 is 1.35 bits per heavy atom. The summed E-state index contributed by atoms with van der Waals surface area (Å²) in [6, 6.07) is 5.47. The van der Waals surface area contributed by atoms with Crippen LogP contribution in [0.4, 0.5) is 11.4 Å². The molecule has 2 aliphatic rings. The van der Waals surface area contributed by atoms with Crippen molar-refractivity contribution in [3.05, 3.63) is 35.2 Å². The molecule has 0 saturated carbocycles. The van der Waals surface area contributed by atoms with Gasteiger partial charge in [0, 0.05) is 31.3 Å². The van der Waals surface area contributed by atoms with Gasteiger partial charge in [-0.25, -0.2) is 0 Å². The van der Waals surface area contributed by atoms with Gasteiger partial charge >= 0.3 is 0 Å². The highest BCUT2D eigenvalue weighted by Crippen LogP contribution is 2.44. The number of fused-ring (bicyclic) bond motifs is 2. The molecule has 0 aliphatic carbocycles. The summed E-state index contributed by atoms with van der Waals surface area (Å²) in [5, 5.41) is 13.7. The summed E-state index contributed by atoms with van der Waals surface area (Å²) in [6.07, 6.45) is 0.277. The number of carbonyl (C=O) groups excluding carboxylic acids is 2. The molecule has 2 amide bonds. The molecule has 136 valence electrons. The maximum atomic E-state index is 12.0. The third kappa shape index (κ3) is 3.10. The van der Waals surface area contributed by atoms with Gasteiger partial charge in [-0.3, -0.25) is 14.4 Å². The van der Waals surface area contributed by atoms with E-state index in [9.17, 15) is 9.59 Å². The third-order valence-electron chi connectivity index (χ3n) is 4.25. The number of anilines is 2. The van der Waals surface area contributed by atoms with Crippen LogP contribution in [0.15, 0.2) is 22.7 Å². The molecule has 1 aromatic heterocycles. The van der Waals surface area contributed by atoms with Gasteiger partial charge in [0.15, 0.2) is 6.61 Å². The van der Waals surface area contributed by atoms with Crippen molar-refractivity contribution in [3.63, 3.8) is 0 Å². The Bertz CT molecular complexity index is 875. The number of rotatable bonds is 1. The second-order valence-corrected chi connectivity index (χ2v) is 5.93. The fraction of sp³-hybridized carbons (Fsp3) is 0.294. The zero-order valence-corrected chi connectivity index (χ0v) is 14.2. The van der Waals surface area contributed by atoms with Crippen molar-refractivity contribution in [1.29, 1.82) is 0 Å². The van der Waals surface area contributed by atoms with Crippen LogP contribution in [-0.2, 0) is 14.4 Å². The Morgan fingerprint density at radius 2 is 2.08 bits per heavy atom. The molecule has 26 heavy (non-hydrogen) atoms. The average molecular weight is 359 g/mol. The molecule has 0 radical (unpaired) electrons. The maximum Gasteiger partial charge on any atom is 0.290 e. The quantitative estimate of drug-likeness (QED) is 0.740. The molecule has 9 heteroatoms. The summed E-state index contributed by atoms with van der Waals surface area (Å²) in [5.74, 6) is 0.807. The molecule has 0 spiro atoms. The van der Waals surface area contributed by atoms with E-state index in [0.717, 1.165) is 11.3 Å². The van der Waals surface area contributed by atoms with Gasteiger partial charge in [-0.2, -0.15) is 0 Å². The number of carboxylic acid groups (broad SMARTS) is 1. The standard InChI is InChI=1S/C16H15N3O4.CH2O2/c1-8-3-13(23-18-8)10-5-15(20)17-11-6-14-12(4-9(10)11)19(2)16(21)7-22-14;2-1-3/h3-4,6,10H,5,7H2,1-2H3,(H,17,20);1H,(H,2,3). The minimum atomic E-state index is -0.250. The number of benzene rings is 1. The van der Waals surface area contributed by atoms with E-state index in [1.807, 2.05) is 19.1 Å². The maximum absolute atomic E-state index is 12.0. The first kappa shape index (κ1) is 17.5. The highest BCUT2D eigenvalue weighted by molar-refractivity contribution is 6.00. The largest absolute Gasteiger partial charge is 0.483 e. The van der Waals surface area contributed by atoms with E-state index in [1.54, 1.807) is 18.0 Å². The summed E-state index contributed by atoms with van der Waals surface area (Å²) in [7, 11) is 1.71. The molecule has 2 aromatic rings. The second kappa shape index (κ2) is 6.87. The highest BCUT2D eigenvalue weighted by atomic mass is 16.5. The molecule has 2 N–H and O–H groups in total. The van der Waals surface area contributed by atoms with Crippen molar-refractivity contribution in [1.82, 2.24) is 5.16 Å². The fourth-order valence-electron chi connectivity index (χ4n) is 3.03. The Balaban J connectivity index is 0.000000613. The van der Waals surface area contributed by atoms with Crippen molar-refractivity contribution < 1.29 is 28.8 Å². The van der Waals surface area contributed by atoms with Gasteiger partial charge in [-0.15, -0.1) is 0 Å². The van der Waals surface area contributed by atoms with Gasteiger partial charge in [0.1, 0.15) is 11.5 Å². The SMILES string of the molecule is Cc1cc(C2CC(=O)Nc3cc4c(cc32)N(C)C(=O)CO4)on1.O=CO. The zero-order chi connectivity index (χ0) is 18.8. The molecule has 1 unspecified atom stereocenters. The van der Waals surface area contributed by atoms with E-state index in [4.69, 9.17) is 19.2 Å². The minimum absolute atomic E-state index is 0.000953. The van der Waals surface area contributed by atoms with Crippen LogP contribution in [0.1, 0.15) is 29.4 Å². The van der Waals surface area contributed by atoms with Crippen LogP contribution in [0.25, 0.3) is 0 Å². The first-order valence-electron chi connectivity index (χ1n) is 7.82. The monoisotopic (exact) mass is 359 g/mol. The van der Waals surface area contributed by atoms with Gasteiger partial charge in [0.25, 0.3) is 12.4 Å². The summed E-state index contributed by atoms with van der Waals surface area (Å²) in [4.78, 5) is 33.8. The van der Waals surface area contributed by atoms with Gasteiger partial charge in [-0.05, 0) is 18.6 Å². The smallest absolute Gasteiger partial charge is 0.290 e. The number of likely N-dealkylation sites (N-methyl/N-ethyl adjacent to an activating group) is 1. The van der Waals surface area contributed by atoms with Crippen molar-refractivity contribution in [2.75, 3.05) is 23.9 Å². The van der Waals surface area contributed by atoms with Gasteiger partial charge in [0.2, 0.25) is 5.91 Å². The Morgan fingerprint density at radius 3 is 2.73 bits per heavy atom. The minimum Gasteiger partial charge on any atom is -0.483 e. The lowest BCUT2D eigenvalue weighted by molar-refractivity contribution is -0.123. The molecule has 2 aliphatic heterocycles. The van der Waals surface area contributed by atoms with Crippen molar-refractivity contribution in [2.24, 2.45) is 0 Å². The van der Waals surface area contributed by atoms with Crippen LogP contribution >= 0.6 is 0 Å². The number of carbonyl (C=O) groups is 3. The lowest BCUT2D eigenvalue weighted by Crippen LogP contribution is -2.36. The van der Waals surface area contributed by atoms with E-state index in [2.05, 4.69) is 10.5 Å². The normalized spacial score (nSPS) is 17.9. The van der Waals surface area contributed by atoms with Crippen LogP contribution < -0.4 is 15.0 Å². The van der Waals surface area contributed by atoms with E-state index < -0.39 is 0 Å². The molecule has 1 aromatic carbocycles. The predicted molar refractivity (Wildman–Crippen MR) is 90.4 cm³/mol. The molecule has 0 bridgehead atoms. The number of nitrogens with zero attached hydrogens (tertiary/aromatic N) is 2. The van der Waals surface area contributed by atoms with Crippen LogP contribution in [0.2, 0.25) is 0 Å². The molecular formula is C17H17N3O6. The van der Waals surface area contributed by atoms with E-state index in [1.165, 1.54) is 0 Å². The number of nitrogens with one attached hydrogen (secondary N) is 1. The van der Waals surface area contributed by atoms with Crippen molar-refractivity contribution in [3.8, 4) is 5.75 Å². The molecular weight excluding hydrogens is 342 g/mol. The molecule has 1 atom stereocenters. The first-order valence-corrected chi connectivity index (χ1v) is 7.82. The predicted octanol–water partition coefficient (Wildman–Crippen LogP) is 1.51. The first-order chi connectivity index (χ1) is 12.4. The summed E-state index contributed by atoms with van der Waals surface area (Å²) in [6.45, 7) is 1.59. The van der Waals surface area contributed by atoms with Gasteiger partial charge < -0.3 is 24.6 Å². The Labute approximate surface area is 148 Å². The summed E-state index contributed by atoms with van der Waals surface area (Å²) in [5.41, 5.74) is 3.03. The molecule has 0 fully saturated rings. The van der Waals surface area contributed by atoms with Crippen LogP contribution in [0.3, 0.4) is 0 Å². The molecule has 9 nitrogen and oxygen atoms in total. The van der Waals surface area contributed by atoms with Gasteiger partial charge in [0.05, 0.1) is 17.3 Å². The lowest BCUT2D eigenvalue weighted by atomic mass is 9.87. The average Bonchev–Trinajstić information content (AvgIpc) is 3.03. The second-order valence-electron chi connectivity index (χ2n) is 5.93. The molecule has 0 saturated heterocycles. The number of hydrogen-bond acceptors (Lipinski definition) is 6. The highest BCUT2D eigenvalue weighted by Gasteiger charge is 2.33. The number of hydrogen-bond donors (Lipinski definition) is 2. The topological polar surface area (TPSA) is 122 Å². The van der Waals surface area contributed by atoms with E-state index >= 15 is 0 Å².